The van der Waals surface area contributed by atoms with Crippen molar-refractivity contribution in [1.82, 2.24) is 15.1 Å². The van der Waals surface area contributed by atoms with Crippen molar-refractivity contribution < 1.29 is 14.3 Å². The minimum Gasteiger partial charge on any atom is -0.370 e. The second-order valence-corrected chi connectivity index (χ2v) is 4.04. The van der Waals surface area contributed by atoms with Crippen LogP contribution in [0.1, 0.15) is 6.92 Å². The number of ether oxygens (including phenoxy) is 1. The van der Waals surface area contributed by atoms with Crippen molar-refractivity contribution >= 4 is 11.9 Å². The van der Waals surface area contributed by atoms with E-state index < -0.39 is 0 Å². The maximum Gasteiger partial charge on any atom is 0.317 e. The van der Waals surface area contributed by atoms with Gasteiger partial charge in [-0.05, 0) is 6.92 Å². The molecule has 1 aliphatic rings. The summed E-state index contributed by atoms with van der Waals surface area (Å²) < 4.78 is 5.10. The van der Waals surface area contributed by atoms with Crippen LogP contribution in [-0.4, -0.2) is 74.2 Å². The van der Waals surface area contributed by atoms with Gasteiger partial charge in [0.2, 0.25) is 5.91 Å². The monoisotopic (exact) mass is 258 g/mol. The highest BCUT2D eigenvalue weighted by Crippen LogP contribution is 2.02. The van der Waals surface area contributed by atoms with Gasteiger partial charge in [-0.2, -0.15) is 0 Å². The van der Waals surface area contributed by atoms with E-state index in [1.165, 1.54) is 0 Å². The highest BCUT2D eigenvalue weighted by molar-refractivity contribution is 5.78. The van der Waals surface area contributed by atoms with E-state index in [0.29, 0.717) is 45.9 Å². The Balaban J connectivity index is 2.26. The van der Waals surface area contributed by atoms with E-state index in [1.54, 1.807) is 9.80 Å². The van der Waals surface area contributed by atoms with Crippen molar-refractivity contribution in [3.05, 3.63) is 0 Å². The van der Waals surface area contributed by atoms with Gasteiger partial charge in [-0.15, -0.1) is 0 Å². The van der Waals surface area contributed by atoms with E-state index in [0.717, 1.165) is 0 Å². The summed E-state index contributed by atoms with van der Waals surface area (Å²) in [5, 5.41) is 2.75. The van der Waals surface area contributed by atoms with E-state index >= 15 is 0 Å². The first-order chi connectivity index (χ1) is 8.69. The first-order valence-corrected chi connectivity index (χ1v) is 6.27. The second-order valence-electron chi connectivity index (χ2n) is 4.04. The van der Waals surface area contributed by atoms with Crippen LogP contribution in [0.25, 0.3) is 0 Å². The first kappa shape index (κ1) is 14.7. The summed E-state index contributed by atoms with van der Waals surface area (Å²) in [7, 11) is 0. The molecular formula is C11H22N4O3. The highest BCUT2D eigenvalue weighted by atomic mass is 16.5. The summed E-state index contributed by atoms with van der Waals surface area (Å²) in [6.45, 7) is 5.62. The average molecular weight is 258 g/mol. The van der Waals surface area contributed by atoms with Crippen molar-refractivity contribution in [3.8, 4) is 0 Å². The average Bonchev–Trinajstić information content (AvgIpc) is 2.39. The molecule has 0 aromatic rings. The van der Waals surface area contributed by atoms with Crippen LogP contribution in [0.3, 0.4) is 0 Å². The standard InChI is InChI=1S/C11H22N4O3/c1-2-13-11(17)15-6-4-14(5-7-15)10(16)9-18-8-3-12/h2-9,12H2,1H3,(H,13,17). The van der Waals surface area contributed by atoms with Crippen LogP contribution in [0.4, 0.5) is 4.79 Å². The van der Waals surface area contributed by atoms with Crippen LogP contribution in [0.5, 0.6) is 0 Å². The van der Waals surface area contributed by atoms with Gasteiger partial charge in [0.1, 0.15) is 6.61 Å². The van der Waals surface area contributed by atoms with Gasteiger partial charge in [-0.1, -0.05) is 0 Å². The smallest absolute Gasteiger partial charge is 0.317 e. The lowest BCUT2D eigenvalue weighted by atomic mass is 10.3. The van der Waals surface area contributed by atoms with Crippen molar-refractivity contribution in [2.75, 3.05) is 52.5 Å². The van der Waals surface area contributed by atoms with Gasteiger partial charge in [0.15, 0.2) is 0 Å². The predicted molar refractivity (Wildman–Crippen MR) is 67.1 cm³/mol. The number of rotatable bonds is 5. The Morgan fingerprint density at radius 3 is 2.39 bits per heavy atom. The number of carbonyl (C=O) groups excluding carboxylic acids is 2. The third-order valence-corrected chi connectivity index (χ3v) is 2.74. The van der Waals surface area contributed by atoms with Crippen molar-refractivity contribution in [3.63, 3.8) is 0 Å². The highest BCUT2D eigenvalue weighted by Gasteiger charge is 2.23. The molecular weight excluding hydrogens is 236 g/mol. The SMILES string of the molecule is CCNC(=O)N1CCN(C(=O)COCCN)CC1. The topological polar surface area (TPSA) is 87.9 Å². The van der Waals surface area contributed by atoms with Gasteiger partial charge < -0.3 is 25.6 Å². The maximum absolute atomic E-state index is 11.7. The Bertz CT molecular complexity index is 277. The molecule has 7 nitrogen and oxygen atoms in total. The summed E-state index contributed by atoms with van der Waals surface area (Å²) in [6.07, 6.45) is 0. The number of hydrogen-bond acceptors (Lipinski definition) is 4. The number of urea groups is 1. The van der Waals surface area contributed by atoms with E-state index in [1.807, 2.05) is 6.92 Å². The molecule has 0 unspecified atom stereocenters. The van der Waals surface area contributed by atoms with Gasteiger partial charge in [0.05, 0.1) is 6.61 Å². The molecule has 0 saturated carbocycles. The summed E-state index contributed by atoms with van der Waals surface area (Å²) in [5.74, 6) is -0.0426. The van der Waals surface area contributed by atoms with Crippen LogP contribution >= 0.6 is 0 Å². The van der Waals surface area contributed by atoms with Gasteiger partial charge >= 0.3 is 6.03 Å². The molecule has 104 valence electrons. The lowest BCUT2D eigenvalue weighted by Crippen LogP contribution is -2.53. The van der Waals surface area contributed by atoms with E-state index in [-0.39, 0.29) is 18.5 Å². The zero-order valence-corrected chi connectivity index (χ0v) is 10.9. The van der Waals surface area contributed by atoms with E-state index in [2.05, 4.69) is 5.32 Å². The fourth-order valence-corrected chi connectivity index (χ4v) is 1.76. The van der Waals surface area contributed by atoms with Gasteiger partial charge in [-0.25, -0.2) is 4.79 Å². The van der Waals surface area contributed by atoms with E-state index in [4.69, 9.17) is 10.5 Å². The third kappa shape index (κ3) is 4.50. The van der Waals surface area contributed by atoms with Gasteiger partial charge in [0, 0.05) is 39.3 Å². The molecule has 3 amide bonds. The molecule has 0 aromatic carbocycles. The number of amides is 3. The quantitative estimate of drug-likeness (QED) is 0.609. The Morgan fingerprint density at radius 1 is 1.22 bits per heavy atom. The molecule has 0 radical (unpaired) electrons. The van der Waals surface area contributed by atoms with Gasteiger partial charge in [0.25, 0.3) is 0 Å². The molecule has 1 rings (SSSR count). The molecule has 1 fully saturated rings. The summed E-state index contributed by atoms with van der Waals surface area (Å²) in [6, 6.07) is -0.0658. The number of nitrogens with one attached hydrogen (secondary N) is 1. The molecule has 0 bridgehead atoms. The Morgan fingerprint density at radius 2 is 1.83 bits per heavy atom. The number of hydrogen-bond donors (Lipinski definition) is 2. The zero-order valence-electron chi connectivity index (χ0n) is 10.9. The Labute approximate surface area is 107 Å². The molecule has 18 heavy (non-hydrogen) atoms. The zero-order chi connectivity index (χ0) is 13.4. The summed E-state index contributed by atoms with van der Waals surface area (Å²) in [5.41, 5.74) is 5.27. The van der Waals surface area contributed by atoms with E-state index in [9.17, 15) is 9.59 Å². The van der Waals surface area contributed by atoms with Gasteiger partial charge in [-0.3, -0.25) is 4.79 Å². The fourth-order valence-electron chi connectivity index (χ4n) is 1.76. The molecule has 7 heteroatoms. The minimum absolute atomic E-state index is 0.0426. The number of carbonyl (C=O) groups is 2. The molecule has 1 aliphatic heterocycles. The molecule has 1 saturated heterocycles. The van der Waals surface area contributed by atoms with Crippen molar-refractivity contribution in [1.29, 1.82) is 0 Å². The Kier molecular flexibility index (Phi) is 6.45. The van der Waals surface area contributed by atoms with Crippen molar-refractivity contribution in [2.24, 2.45) is 5.73 Å². The van der Waals surface area contributed by atoms with Crippen LogP contribution < -0.4 is 11.1 Å². The van der Waals surface area contributed by atoms with Crippen LogP contribution in [0.2, 0.25) is 0 Å². The molecule has 0 spiro atoms. The molecule has 0 aliphatic carbocycles. The van der Waals surface area contributed by atoms with Crippen molar-refractivity contribution in [2.45, 2.75) is 6.92 Å². The molecule has 3 N–H and O–H groups in total. The lowest BCUT2D eigenvalue weighted by Gasteiger charge is -2.34. The molecule has 0 aromatic heterocycles. The first-order valence-electron chi connectivity index (χ1n) is 6.27. The third-order valence-electron chi connectivity index (χ3n) is 2.74. The lowest BCUT2D eigenvalue weighted by molar-refractivity contribution is -0.137. The number of nitrogens with zero attached hydrogens (tertiary/aromatic N) is 2. The summed E-state index contributed by atoms with van der Waals surface area (Å²) in [4.78, 5) is 26.7. The predicted octanol–water partition coefficient (Wildman–Crippen LogP) is -1.16. The maximum atomic E-state index is 11.7. The fraction of sp³-hybridized carbons (Fsp3) is 0.818. The second kappa shape index (κ2) is 7.88. The Hall–Kier alpha value is -1.34. The van der Waals surface area contributed by atoms with Crippen LogP contribution in [0, 0.1) is 0 Å². The normalized spacial score (nSPS) is 15.7. The number of nitrogens with two attached hydrogens (primary N) is 1. The molecule has 1 heterocycles. The van der Waals surface area contributed by atoms with Crippen LogP contribution in [-0.2, 0) is 9.53 Å². The van der Waals surface area contributed by atoms with Crippen LogP contribution in [0.15, 0.2) is 0 Å². The summed E-state index contributed by atoms with van der Waals surface area (Å²) >= 11 is 0. The largest absolute Gasteiger partial charge is 0.370 e. The minimum atomic E-state index is -0.0658. The number of piperazine rings is 1. The molecule has 0 atom stereocenters.